The van der Waals surface area contributed by atoms with Crippen molar-refractivity contribution in [3.8, 4) is 5.75 Å². The van der Waals surface area contributed by atoms with Crippen LogP contribution in [0.25, 0.3) is 6.08 Å². The molecule has 30 heavy (non-hydrogen) atoms. The minimum absolute atomic E-state index is 0.0373. The summed E-state index contributed by atoms with van der Waals surface area (Å²) >= 11 is 0. The molecule has 0 saturated carbocycles. The average Bonchev–Trinajstić information content (AvgIpc) is 2.78. The SMILES string of the molecule is O=C(CN1C(=O)C(=Cc2ccccc2)Oc2ccccc21)NCCC1=CCCCC1. The van der Waals surface area contributed by atoms with Crippen molar-refractivity contribution >= 4 is 23.6 Å². The number of nitrogens with zero attached hydrogens (tertiary/aromatic N) is 1. The van der Waals surface area contributed by atoms with E-state index in [0.29, 0.717) is 18.0 Å². The maximum Gasteiger partial charge on any atom is 0.294 e. The van der Waals surface area contributed by atoms with E-state index in [1.807, 2.05) is 42.5 Å². The van der Waals surface area contributed by atoms with Crippen molar-refractivity contribution in [1.82, 2.24) is 5.32 Å². The summed E-state index contributed by atoms with van der Waals surface area (Å²) in [6.45, 7) is 0.557. The van der Waals surface area contributed by atoms with Gasteiger partial charge in [0.2, 0.25) is 5.91 Å². The van der Waals surface area contributed by atoms with Crippen molar-refractivity contribution in [2.45, 2.75) is 32.1 Å². The van der Waals surface area contributed by atoms with Crippen LogP contribution < -0.4 is 15.0 Å². The summed E-state index contributed by atoms with van der Waals surface area (Å²) in [5.74, 6) is 0.290. The molecular weight excluding hydrogens is 376 g/mol. The van der Waals surface area contributed by atoms with Crippen LogP contribution in [0.5, 0.6) is 5.75 Å². The number of anilines is 1. The summed E-state index contributed by atoms with van der Waals surface area (Å²) in [6, 6.07) is 16.8. The highest BCUT2D eigenvalue weighted by Crippen LogP contribution is 2.35. The highest BCUT2D eigenvalue weighted by atomic mass is 16.5. The van der Waals surface area contributed by atoms with Crippen LogP contribution in [0.1, 0.15) is 37.7 Å². The van der Waals surface area contributed by atoms with E-state index < -0.39 is 0 Å². The second-order valence-electron chi connectivity index (χ2n) is 7.59. The van der Waals surface area contributed by atoms with Crippen LogP contribution in [0.3, 0.4) is 0 Å². The van der Waals surface area contributed by atoms with Crippen LogP contribution >= 0.6 is 0 Å². The molecule has 154 valence electrons. The molecule has 2 amide bonds. The minimum Gasteiger partial charge on any atom is -0.449 e. The Morgan fingerprint density at radius 2 is 1.87 bits per heavy atom. The van der Waals surface area contributed by atoms with E-state index in [9.17, 15) is 9.59 Å². The molecule has 0 saturated heterocycles. The molecule has 0 radical (unpaired) electrons. The summed E-state index contributed by atoms with van der Waals surface area (Å²) < 4.78 is 5.85. The Morgan fingerprint density at radius 3 is 2.67 bits per heavy atom. The van der Waals surface area contributed by atoms with Gasteiger partial charge in [-0.3, -0.25) is 14.5 Å². The lowest BCUT2D eigenvalue weighted by Crippen LogP contribution is -2.44. The van der Waals surface area contributed by atoms with Gasteiger partial charge in [0, 0.05) is 6.54 Å². The Labute approximate surface area is 177 Å². The molecule has 2 aromatic rings. The molecule has 0 spiro atoms. The first kappa shape index (κ1) is 20.0. The standard InChI is InChI=1S/C25H26N2O3/c28-24(26-16-15-19-9-3-1-4-10-19)18-27-21-13-7-8-14-22(21)30-23(25(27)29)17-20-11-5-2-6-12-20/h2,5-9,11-14,17H,1,3-4,10,15-16,18H2,(H,26,28). The molecule has 1 aliphatic heterocycles. The first-order chi connectivity index (χ1) is 14.7. The van der Waals surface area contributed by atoms with Gasteiger partial charge in [-0.05, 0) is 55.9 Å². The fourth-order valence-corrected chi connectivity index (χ4v) is 3.81. The maximum absolute atomic E-state index is 13.1. The molecule has 2 aliphatic rings. The van der Waals surface area contributed by atoms with E-state index in [1.165, 1.54) is 23.3 Å². The number of fused-ring (bicyclic) bond motifs is 1. The van der Waals surface area contributed by atoms with Gasteiger partial charge in [-0.25, -0.2) is 0 Å². The highest BCUT2D eigenvalue weighted by Gasteiger charge is 2.31. The fraction of sp³-hybridized carbons (Fsp3) is 0.280. The number of allylic oxidation sites excluding steroid dienone is 1. The fourth-order valence-electron chi connectivity index (χ4n) is 3.81. The van der Waals surface area contributed by atoms with Crippen molar-refractivity contribution in [2.75, 3.05) is 18.0 Å². The topological polar surface area (TPSA) is 58.6 Å². The molecule has 0 atom stereocenters. The Bertz CT molecular complexity index is 979. The largest absolute Gasteiger partial charge is 0.449 e. The van der Waals surface area contributed by atoms with Gasteiger partial charge in [0.1, 0.15) is 6.54 Å². The van der Waals surface area contributed by atoms with E-state index >= 15 is 0 Å². The predicted molar refractivity (Wildman–Crippen MR) is 118 cm³/mol. The molecule has 2 aromatic carbocycles. The van der Waals surface area contributed by atoms with E-state index in [-0.39, 0.29) is 24.1 Å². The van der Waals surface area contributed by atoms with Gasteiger partial charge < -0.3 is 10.1 Å². The second kappa shape index (κ2) is 9.44. The molecule has 5 heteroatoms. The van der Waals surface area contributed by atoms with Crippen molar-refractivity contribution in [2.24, 2.45) is 0 Å². The molecule has 0 bridgehead atoms. The van der Waals surface area contributed by atoms with Crippen molar-refractivity contribution in [3.05, 3.63) is 77.6 Å². The van der Waals surface area contributed by atoms with Crippen LogP contribution in [-0.2, 0) is 9.59 Å². The molecule has 0 aromatic heterocycles. The number of benzene rings is 2. The highest BCUT2D eigenvalue weighted by molar-refractivity contribution is 6.12. The number of amides is 2. The number of para-hydroxylation sites is 2. The van der Waals surface area contributed by atoms with Gasteiger partial charge in [-0.15, -0.1) is 0 Å². The zero-order chi connectivity index (χ0) is 20.8. The molecule has 5 nitrogen and oxygen atoms in total. The number of nitrogens with one attached hydrogen (secondary N) is 1. The van der Waals surface area contributed by atoms with Gasteiger partial charge in [-0.1, -0.05) is 54.1 Å². The van der Waals surface area contributed by atoms with Gasteiger partial charge in [0.05, 0.1) is 5.69 Å². The number of rotatable bonds is 6. The lowest BCUT2D eigenvalue weighted by molar-refractivity contribution is -0.123. The molecule has 1 heterocycles. The first-order valence-electron chi connectivity index (χ1n) is 10.5. The summed E-state index contributed by atoms with van der Waals surface area (Å²) in [4.78, 5) is 27.2. The Balaban J connectivity index is 1.46. The summed E-state index contributed by atoms with van der Waals surface area (Å²) in [7, 11) is 0. The lowest BCUT2D eigenvalue weighted by atomic mass is 9.97. The van der Waals surface area contributed by atoms with Crippen LogP contribution in [0.4, 0.5) is 5.69 Å². The third-order valence-electron chi connectivity index (χ3n) is 5.38. The Hall–Kier alpha value is -3.34. The number of carbonyl (C=O) groups is 2. The lowest BCUT2D eigenvalue weighted by Gasteiger charge is -2.30. The maximum atomic E-state index is 13.1. The van der Waals surface area contributed by atoms with Gasteiger partial charge in [0.25, 0.3) is 5.91 Å². The summed E-state index contributed by atoms with van der Waals surface area (Å²) in [5, 5.41) is 2.96. The summed E-state index contributed by atoms with van der Waals surface area (Å²) in [6.07, 6.45) is 9.62. The van der Waals surface area contributed by atoms with Crippen LogP contribution in [0.2, 0.25) is 0 Å². The molecule has 1 N–H and O–H groups in total. The third-order valence-corrected chi connectivity index (χ3v) is 5.38. The zero-order valence-corrected chi connectivity index (χ0v) is 17.0. The smallest absolute Gasteiger partial charge is 0.294 e. The Morgan fingerprint density at radius 1 is 1.07 bits per heavy atom. The molecule has 0 unspecified atom stereocenters. The number of ether oxygens (including phenoxy) is 1. The van der Waals surface area contributed by atoms with E-state index in [4.69, 9.17) is 4.74 Å². The third kappa shape index (κ3) is 4.79. The molecule has 4 rings (SSSR count). The second-order valence-corrected chi connectivity index (χ2v) is 7.59. The molecule has 0 fully saturated rings. The van der Waals surface area contributed by atoms with E-state index in [0.717, 1.165) is 24.8 Å². The molecule has 1 aliphatic carbocycles. The first-order valence-corrected chi connectivity index (χ1v) is 10.5. The van der Waals surface area contributed by atoms with Gasteiger partial charge in [-0.2, -0.15) is 0 Å². The van der Waals surface area contributed by atoms with Crippen molar-refractivity contribution < 1.29 is 14.3 Å². The van der Waals surface area contributed by atoms with E-state index in [1.54, 1.807) is 18.2 Å². The van der Waals surface area contributed by atoms with Crippen molar-refractivity contribution in [1.29, 1.82) is 0 Å². The van der Waals surface area contributed by atoms with Gasteiger partial charge >= 0.3 is 0 Å². The van der Waals surface area contributed by atoms with Crippen LogP contribution in [-0.4, -0.2) is 24.9 Å². The normalized spacial score (nSPS) is 17.2. The monoisotopic (exact) mass is 402 g/mol. The predicted octanol–water partition coefficient (Wildman–Crippen LogP) is 4.46. The zero-order valence-electron chi connectivity index (χ0n) is 17.0. The van der Waals surface area contributed by atoms with Crippen LogP contribution in [0.15, 0.2) is 72.0 Å². The summed E-state index contributed by atoms with van der Waals surface area (Å²) in [5.41, 5.74) is 2.89. The van der Waals surface area contributed by atoms with Crippen molar-refractivity contribution in [3.63, 3.8) is 0 Å². The van der Waals surface area contributed by atoms with Gasteiger partial charge in [0.15, 0.2) is 11.5 Å². The Kier molecular flexibility index (Phi) is 6.28. The minimum atomic E-state index is -0.317. The number of carbonyl (C=O) groups excluding carboxylic acids is 2. The quantitative estimate of drug-likeness (QED) is 0.573. The molecular formula is C25H26N2O3. The van der Waals surface area contributed by atoms with E-state index in [2.05, 4.69) is 11.4 Å². The number of hydrogen-bond acceptors (Lipinski definition) is 3. The number of hydrogen-bond donors (Lipinski definition) is 1. The average molecular weight is 402 g/mol. The van der Waals surface area contributed by atoms with Crippen LogP contribution in [0, 0.1) is 0 Å².